The fraction of sp³-hybridized carbons (Fsp3) is 0.933. The van der Waals surface area contributed by atoms with Crippen LogP contribution in [0.1, 0.15) is 46.5 Å². The van der Waals surface area contributed by atoms with Crippen LogP contribution >= 0.6 is 0 Å². The lowest BCUT2D eigenvalue weighted by molar-refractivity contribution is -0.263. The first-order valence-corrected chi connectivity index (χ1v) is 7.55. The molecule has 4 nitrogen and oxygen atoms in total. The molecular weight excluding hydrogens is 244 g/mol. The maximum Gasteiger partial charge on any atom is 0.311 e. The Kier molecular flexibility index (Phi) is 2.26. The molecule has 4 rings (SSSR count). The van der Waals surface area contributed by atoms with Crippen molar-refractivity contribution in [1.82, 2.24) is 0 Å². The summed E-state index contributed by atoms with van der Waals surface area (Å²) >= 11 is 0. The molecule has 0 aromatic heterocycles. The molecule has 19 heavy (non-hydrogen) atoms. The Hall–Kier alpha value is -0.610. The third-order valence-corrected chi connectivity index (χ3v) is 6.00. The number of esters is 1. The average Bonchev–Trinajstić information content (AvgIpc) is 2.56. The van der Waals surface area contributed by atoms with E-state index in [0.29, 0.717) is 11.8 Å². The molecule has 1 aliphatic carbocycles. The summed E-state index contributed by atoms with van der Waals surface area (Å²) in [6, 6.07) is 0. The second-order valence-electron chi connectivity index (χ2n) is 7.07. The van der Waals surface area contributed by atoms with E-state index in [2.05, 4.69) is 6.92 Å². The van der Waals surface area contributed by atoms with Crippen LogP contribution in [-0.2, 0) is 19.0 Å². The van der Waals surface area contributed by atoms with Crippen LogP contribution in [0.3, 0.4) is 0 Å². The maximum atomic E-state index is 12.1. The van der Waals surface area contributed by atoms with E-state index >= 15 is 0 Å². The first-order chi connectivity index (χ1) is 8.96. The predicted molar refractivity (Wildman–Crippen MR) is 67.0 cm³/mol. The van der Waals surface area contributed by atoms with Gasteiger partial charge in [-0.15, -0.1) is 0 Å². The number of carbonyl (C=O) groups is 1. The lowest BCUT2D eigenvalue weighted by Crippen LogP contribution is -2.65. The van der Waals surface area contributed by atoms with Crippen molar-refractivity contribution in [3.05, 3.63) is 0 Å². The average molecular weight is 266 g/mol. The number of rotatable bonds is 0. The van der Waals surface area contributed by atoms with Gasteiger partial charge < -0.3 is 14.2 Å². The van der Waals surface area contributed by atoms with E-state index in [1.807, 2.05) is 13.8 Å². The molecule has 1 spiro atoms. The summed E-state index contributed by atoms with van der Waals surface area (Å²) in [7, 11) is 0. The highest BCUT2D eigenvalue weighted by atomic mass is 16.8. The lowest BCUT2D eigenvalue weighted by atomic mass is 9.57. The minimum Gasteiger partial charge on any atom is -0.432 e. The smallest absolute Gasteiger partial charge is 0.311 e. The molecule has 106 valence electrons. The second kappa shape index (κ2) is 3.53. The van der Waals surface area contributed by atoms with E-state index in [9.17, 15) is 4.79 Å². The Labute approximate surface area is 113 Å². The summed E-state index contributed by atoms with van der Waals surface area (Å²) in [5, 5.41) is 0. The molecule has 3 saturated heterocycles. The van der Waals surface area contributed by atoms with E-state index < -0.39 is 12.1 Å². The van der Waals surface area contributed by atoms with Crippen LogP contribution in [0.5, 0.6) is 0 Å². The van der Waals surface area contributed by atoms with Crippen molar-refractivity contribution in [3.8, 4) is 0 Å². The maximum absolute atomic E-state index is 12.1. The molecule has 4 heteroatoms. The Balaban J connectivity index is 1.84. The topological polar surface area (TPSA) is 44.8 Å². The van der Waals surface area contributed by atoms with Gasteiger partial charge in [0, 0.05) is 12.3 Å². The van der Waals surface area contributed by atoms with Gasteiger partial charge in [-0.1, -0.05) is 13.8 Å². The highest BCUT2D eigenvalue weighted by Crippen LogP contribution is 2.62. The van der Waals surface area contributed by atoms with E-state index in [1.54, 1.807) is 0 Å². The normalized spacial score (nSPS) is 59.5. The zero-order chi connectivity index (χ0) is 13.4. The number of fused-ring (bicyclic) bond motifs is 1. The molecule has 0 N–H and O–H groups in total. The SMILES string of the molecule is C[C@@H]1CC[C@H]2[C@@H](C)C(=O)OC3O[C@@]4(C)CC[C@@H]1C32O4. The molecule has 0 aromatic carbocycles. The highest BCUT2D eigenvalue weighted by Gasteiger charge is 2.72. The second-order valence-corrected chi connectivity index (χ2v) is 7.07. The standard InChI is InChI=1S/C15H22O4/c1-8-4-5-11-9(2)12(16)17-13-15(11)10(8)6-7-14(3,18-13)19-15/h8-11,13H,4-7H2,1-3H3/t8-,9-,10+,11+,13?,14-,15?/m1/s1. The van der Waals surface area contributed by atoms with Crippen LogP contribution in [0.2, 0.25) is 0 Å². The molecule has 4 aliphatic rings. The van der Waals surface area contributed by atoms with Crippen LogP contribution in [0.15, 0.2) is 0 Å². The third-order valence-electron chi connectivity index (χ3n) is 6.00. The van der Waals surface area contributed by atoms with Gasteiger partial charge >= 0.3 is 5.97 Å². The van der Waals surface area contributed by atoms with Gasteiger partial charge in [0.05, 0.1) is 5.92 Å². The minimum absolute atomic E-state index is 0.0738. The highest BCUT2D eigenvalue weighted by molar-refractivity contribution is 5.74. The van der Waals surface area contributed by atoms with Gasteiger partial charge in [0.2, 0.25) is 6.29 Å². The molecule has 2 unspecified atom stereocenters. The number of ether oxygens (including phenoxy) is 3. The van der Waals surface area contributed by atoms with Gasteiger partial charge in [0.15, 0.2) is 5.79 Å². The lowest BCUT2D eigenvalue weighted by Gasteiger charge is -2.56. The Morgan fingerprint density at radius 3 is 2.74 bits per heavy atom. The number of carbonyl (C=O) groups excluding carboxylic acids is 1. The van der Waals surface area contributed by atoms with Crippen molar-refractivity contribution in [3.63, 3.8) is 0 Å². The summed E-state index contributed by atoms with van der Waals surface area (Å²) in [6.07, 6.45) is 3.76. The van der Waals surface area contributed by atoms with E-state index in [0.717, 1.165) is 19.3 Å². The van der Waals surface area contributed by atoms with E-state index in [4.69, 9.17) is 14.2 Å². The van der Waals surface area contributed by atoms with E-state index in [1.165, 1.54) is 6.42 Å². The number of hydrogen-bond acceptors (Lipinski definition) is 4. The van der Waals surface area contributed by atoms with Crippen LogP contribution in [-0.4, -0.2) is 23.6 Å². The Bertz CT molecular complexity index is 436. The molecule has 4 fully saturated rings. The fourth-order valence-corrected chi connectivity index (χ4v) is 5.03. The van der Waals surface area contributed by atoms with E-state index in [-0.39, 0.29) is 23.4 Å². The number of hydrogen-bond donors (Lipinski definition) is 0. The van der Waals surface area contributed by atoms with Gasteiger partial charge in [0.25, 0.3) is 0 Å². The summed E-state index contributed by atoms with van der Waals surface area (Å²) < 4.78 is 18.0. The molecule has 3 heterocycles. The summed E-state index contributed by atoms with van der Waals surface area (Å²) in [6.45, 7) is 6.28. The molecule has 7 atom stereocenters. The van der Waals surface area contributed by atoms with Crippen LogP contribution in [0, 0.1) is 23.7 Å². The molecule has 2 bridgehead atoms. The van der Waals surface area contributed by atoms with Crippen molar-refractivity contribution >= 4 is 5.97 Å². The van der Waals surface area contributed by atoms with Crippen LogP contribution in [0.4, 0.5) is 0 Å². The monoisotopic (exact) mass is 266 g/mol. The zero-order valence-corrected chi connectivity index (χ0v) is 11.8. The summed E-state index contributed by atoms with van der Waals surface area (Å²) in [5.41, 5.74) is -0.377. The predicted octanol–water partition coefficient (Wildman–Crippen LogP) is 2.46. The van der Waals surface area contributed by atoms with Crippen molar-refractivity contribution in [2.75, 3.05) is 0 Å². The van der Waals surface area contributed by atoms with Crippen LogP contribution in [0.25, 0.3) is 0 Å². The summed E-state index contributed by atoms with van der Waals surface area (Å²) in [4.78, 5) is 12.1. The largest absolute Gasteiger partial charge is 0.432 e. The van der Waals surface area contributed by atoms with Crippen molar-refractivity contribution < 1.29 is 19.0 Å². The van der Waals surface area contributed by atoms with Gasteiger partial charge in [-0.05, 0) is 38.0 Å². The molecule has 0 radical (unpaired) electrons. The summed E-state index contributed by atoms with van der Waals surface area (Å²) in [5.74, 6) is 0.586. The Morgan fingerprint density at radius 2 is 1.95 bits per heavy atom. The molecule has 0 amide bonds. The van der Waals surface area contributed by atoms with Gasteiger partial charge in [-0.3, -0.25) is 4.79 Å². The quantitative estimate of drug-likeness (QED) is 0.632. The first kappa shape index (κ1) is 12.2. The molecular formula is C15H22O4. The van der Waals surface area contributed by atoms with Crippen molar-refractivity contribution in [2.24, 2.45) is 23.7 Å². The third kappa shape index (κ3) is 1.34. The first-order valence-electron chi connectivity index (χ1n) is 7.55. The molecule has 1 saturated carbocycles. The van der Waals surface area contributed by atoms with Crippen LogP contribution < -0.4 is 0 Å². The molecule has 0 aromatic rings. The Morgan fingerprint density at radius 1 is 1.16 bits per heavy atom. The van der Waals surface area contributed by atoms with Crippen molar-refractivity contribution in [2.45, 2.75) is 64.1 Å². The fourth-order valence-electron chi connectivity index (χ4n) is 5.03. The zero-order valence-electron chi connectivity index (χ0n) is 11.8. The van der Waals surface area contributed by atoms with Gasteiger partial charge in [0.1, 0.15) is 5.60 Å². The van der Waals surface area contributed by atoms with Crippen molar-refractivity contribution in [1.29, 1.82) is 0 Å². The molecule has 3 aliphatic heterocycles. The minimum atomic E-state index is -0.555. The van der Waals surface area contributed by atoms with Gasteiger partial charge in [-0.25, -0.2) is 0 Å². The van der Waals surface area contributed by atoms with Gasteiger partial charge in [-0.2, -0.15) is 0 Å².